The van der Waals surface area contributed by atoms with Crippen LogP contribution in [0, 0.1) is 5.82 Å². The van der Waals surface area contributed by atoms with Crippen LogP contribution >= 0.6 is 11.6 Å². The molecule has 0 radical (unpaired) electrons. The van der Waals surface area contributed by atoms with Crippen LogP contribution in [0.15, 0.2) is 18.2 Å². The average molecular weight is 355 g/mol. The van der Waals surface area contributed by atoms with Crippen molar-refractivity contribution in [2.75, 3.05) is 25.0 Å². The number of hydrogen-bond donors (Lipinski definition) is 3. The van der Waals surface area contributed by atoms with E-state index in [1.165, 1.54) is 12.1 Å². The second kappa shape index (κ2) is 6.37. The highest BCUT2D eigenvalue weighted by Gasteiger charge is 2.51. The number of anilines is 1. The van der Waals surface area contributed by atoms with Crippen LogP contribution < -0.4 is 16.0 Å². The molecule has 2 saturated heterocycles. The molecule has 2 aliphatic heterocycles. The smallest absolute Gasteiger partial charge is 0.324 e. The van der Waals surface area contributed by atoms with E-state index in [-0.39, 0.29) is 10.7 Å². The Morgan fingerprint density at radius 3 is 2.88 bits per heavy atom. The Morgan fingerprint density at radius 1 is 1.42 bits per heavy atom. The highest BCUT2D eigenvalue weighted by molar-refractivity contribution is 6.31. The third-order valence-electron chi connectivity index (χ3n) is 4.13. The molecule has 0 aromatic heterocycles. The number of nitrogens with one attached hydrogen (secondary N) is 3. The molecule has 1 atom stereocenters. The summed E-state index contributed by atoms with van der Waals surface area (Å²) in [5.74, 6) is -1.58. The van der Waals surface area contributed by atoms with Gasteiger partial charge in [-0.2, -0.15) is 0 Å². The zero-order chi connectivity index (χ0) is 17.3. The molecule has 4 amide bonds. The van der Waals surface area contributed by atoms with Gasteiger partial charge in [-0.15, -0.1) is 0 Å². The quantitative estimate of drug-likeness (QED) is 0.709. The lowest BCUT2D eigenvalue weighted by Crippen LogP contribution is -2.57. The second-order valence-corrected chi connectivity index (χ2v) is 6.27. The van der Waals surface area contributed by atoms with E-state index in [1.54, 1.807) is 0 Å². The normalized spacial score (nSPS) is 23.5. The summed E-state index contributed by atoms with van der Waals surface area (Å²) < 4.78 is 13.1. The molecule has 1 spiro atoms. The Morgan fingerprint density at radius 2 is 2.21 bits per heavy atom. The molecule has 2 aliphatic rings. The fourth-order valence-electron chi connectivity index (χ4n) is 2.93. The van der Waals surface area contributed by atoms with Crippen molar-refractivity contribution in [1.82, 2.24) is 15.5 Å². The SMILES string of the molecule is O=C(CN1C(=O)NC2(CCCNC2)C1=O)Nc1ccc(F)c(Cl)c1. The number of urea groups is 1. The van der Waals surface area contributed by atoms with Crippen molar-refractivity contribution in [3.63, 3.8) is 0 Å². The molecule has 0 saturated carbocycles. The maximum Gasteiger partial charge on any atom is 0.325 e. The van der Waals surface area contributed by atoms with Gasteiger partial charge in [0.05, 0.1) is 5.02 Å². The molecule has 1 aromatic rings. The Hall–Kier alpha value is -2.19. The van der Waals surface area contributed by atoms with E-state index in [2.05, 4.69) is 16.0 Å². The van der Waals surface area contributed by atoms with Crippen LogP contribution in [-0.2, 0) is 9.59 Å². The van der Waals surface area contributed by atoms with Crippen LogP contribution in [-0.4, -0.2) is 47.9 Å². The lowest BCUT2D eigenvalue weighted by Gasteiger charge is -2.31. The van der Waals surface area contributed by atoms with E-state index in [9.17, 15) is 18.8 Å². The van der Waals surface area contributed by atoms with Gasteiger partial charge >= 0.3 is 6.03 Å². The Labute approximate surface area is 142 Å². The largest absolute Gasteiger partial charge is 0.325 e. The number of benzene rings is 1. The molecule has 0 bridgehead atoms. The maximum absolute atomic E-state index is 13.1. The first-order valence-corrected chi connectivity index (χ1v) is 7.89. The van der Waals surface area contributed by atoms with Crippen molar-refractivity contribution in [3.05, 3.63) is 29.0 Å². The van der Waals surface area contributed by atoms with Crippen LogP contribution in [0.25, 0.3) is 0 Å². The molecule has 2 heterocycles. The van der Waals surface area contributed by atoms with Crippen LogP contribution in [0.4, 0.5) is 14.9 Å². The summed E-state index contributed by atoms with van der Waals surface area (Å²) in [6.45, 7) is 0.724. The number of hydrogen-bond acceptors (Lipinski definition) is 4. The third-order valence-corrected chi connectivity index (χ3v) is 4.42. The molecule has 128 valence electrons. The number of piperidine rings is 1. The molecule has 3 rings (SSSR count). The van der Waals surface area contributed by atoms with E-state index >= 15 is 0 Å². The number of nitrogens with zero attached hydrogens (tertiary/aromatic N) is 1. The first-order valence-electron chi connectivity index (χ1n) is 7.51. The summed E-state index contributed by atoms with van der Waals surface area (Å²) in [5.41, 5.74) is -0.679. The lowest BCUT2D eigenvalue weighted by molar-refractivity contribution is -0.134. The van der Waals surface area contributed by atoms with Crippen molar-refractivity contribution in [1.29, 1.82) is 0 Å². The van der Waals surface area contributed by atoms with E-state index < -0.39 is 35.7 Å². The first kappa shape index (κ1) is 16.7. The van der Waals surface area contributed by atoms with E-state index in [4.69, 9.17) is 11.6 Å². The highest BCUT2D eigenvalue weighted by Crippen LogP contribution is 2.25. The van der Waals surface area contributed by atoms with Crippen molar-refractivity contribution in [2.24, 2.45) is 0 Å². The van der Waals surface area contributed by atoms with E-state index in [0.29, 0.717) is 13.0 Å². The van der Waals surface area contributed by atoms with Crippen molar-refractivity contribution >= 4 is 35.1 Å². The predicted octanol–water partition coefficient (Wildman–Crippen LogP) is 1.09. The minimum Gasteiger partial charge on any atom is -0.324 e. The zero-order valence-electron chi connectivity index (χ0n) is 12.7. The number of carbonyl (C=O) groups excluding carboxylic acids is 3. The second-order valence-electron chi connectivity index (χ2n) is 5.86. The predicted molar refractivity (Wildman–Crippen MR) is 85.1 cm³/mol. The summed E-state index contributed by atoms with van der Waals surface area (Å²) >= 11 is 5.65. The maximum atomic E-state index is 13.1. The molecule has 3 N–H and O–H groups in total. The van der Waals surface area contributed by atoms with Gasteiger partial charge in [0.1, 0.15) is 17.9 Å². The van der Waals surface area contributed by atoms with Crippen molar-refractivity contribution in [3.8, 4) is 0 Å². The van der Waals surface area contributed by atoms with Crippen molar-refractivity contribution in [2.45, 2.75) is 18.4 Å². The molecular weight excluding hydrogens is 339 g/mol. The third kappa shape index (κ3) is 3.07. The Bertz CT molecular complexity index is 706. The average Bonchev–Trinajstić information content (AvgIpc) is 2.76. The van der Waals surface area contributed by atoms with Crippen LogP contribution in [0.5, 0.6) is 0 Å². The number of imide groups is 1. The fraction of sp³-hybridized carbons (Fsp3) is 0.400. The first-order chi connectivity index (χ1) is 11.4. The van der Waals surface area contributed by atoms with E-state index in [0.717, 1.165) is 23.9 Å². The van der Waals surface area contributed by atoms with E-state index in [1.807, 2.05) is 0 Å². The number of halogens is 2. The lowest BCUT2D eigenvalue weighted by atomic mass is 9.90. The standard InChI is InChI=1S/C15H16ClFN4O3/c16-10-6-9(2-3-11(10)17)19-12(22)7-21-13(23)15(20-14(21)24)4-1-5-18-8-15/h2-3,6,18H,1,4-5,7-8H2,(H,19,22)(H,20,24). The van der Waals surface area contributed by atoms with Gasteiger partial charge in [-0.3, -0.25) is 14.5 Å². The van der Waals surface area contributed by atoms with Gasteiger partial charge in [-0.05, 0) is 37.6 Å². The van der Waals surface area contributed by atoms with Crippen LogP contribution in [0.2, 0.25) is 5.02 Å². The van der Waals surface area contributed by atoms with Crippen LogP contribution in [0.1, 0.15) is 12.8 Å². The van der Waals surface area contributed by atoms with Gasteiger partial charge in [0, 0.05) is 12.2 Å². The zero-order valence-corrected chi connectivity index (χ0v) is 13.5. The molecule has 1 aromatic carbocycles. The minimum atomic E-state index is -0.963. The van der Waals surface area contributed by atoms with Gasteiger partial charge in [0.2, 0.25) is 5.91 Å². The fourth-order valence-corrected chi connectivity index (χ4v) is 3.11. The molecule has 7 nitrogen and oxygen atoms in total. The summed E-state index contributed by atoms with van der Waals surface area (Å²) in [7, 11) is 0. The van der Waals surface area contributed by atoms with Gasteiger partial charge in [-0.25, -0.2) is 9.18 Å². The van der Waals surface area contributed by atoms with Crippen LogP contribution in [0.3, 0.4) is 0 Å². The highest BCUT2D eigenvalue weighted by atomic mass is 35.5. The monoisotopic (exact) mass is 354 g/mol. The molecule has 1 unspecified atom stereocenters. The molecular formula is C15H16ClFN4O3. The summed E-state index contributed by atoms with van der Waals surface area (Å²) in [6, 6.07) is 3.13. The number of carbonyl (C=O) groups is 3. The molecule has 2 fully saturated rings. The van der Waals surface area contributed by atoms with Gasteiger partial charge < -0.3 is 16.0 Å². The summed E-state index contributed by atoms with van der Waals surface area (Å²) in [5, 5.41) is 8.12. The molecule has 24 heavy (non-hydrogen) atoms. The molecule has 0 aliphatic carbocycles. The topological polar surface area (TPSA) is 90.5 Å². The Kier molecular flexibility index (Phi) is 4.42. The van der Waals surface area contributed by atoms with Crippen molar-refractivity contribution < 1.29 is 18.8 Å². The number of rotatable bonds is 3. The Balaban J connectivity index is 1.66. The summed E-state index contributed by atoms with van der Waals surface area (Å²) in [6.07, 6.45) is 1.30. The van der Waals surface area contributed by atoms with Gasteiger partial charge in [0.25, 0.3) is 5.91 Å². The van der Waals surface area contributed by atoms with Gasteiger partial charge in [0.15, 0.2) is 0 Å². The summed E-state index contributed by atoms with van der Waals surface area (Å²) in [4.78, 5) is 37.6. The minimum absolute atomic E-state index is 0.130. The van der Waals surface area contributed by atoms with Gasteiger partial charge in [-0.1, -0.05) is 11.6 Å². The number of amides is 4. The molecule has 9 heteroatoms.